The number of nitrogens with zero attached hydrogens (tertiary/aromatic N) is 3. The van der Waals surface area contributed by atoms with Gasteiger partial charge in [-0.1, -0.05) is 54.6 Å². The molecule has 0 saturated heterocycles. The number of aromatic nitrogens is 2. The maximum absolute atomic E-state index is 4.20. The summed E-state index contributed by atoms with van der Waals surface area (Å²) >= 11 is 3.47. The molecule has 0 bridgehead atoms. The number of hydrogen-bond donors (Lipinski definition) is 1. The van der Waals surface area contributed by atoms with E-state index in [1.54, 1.807) is 12.4 Å². The smallest absolute Gasteiger partial charge is 0.176 e. The van der Waals surface area contributed by atoms with Crippen LogP contribution in [0.15, 0.2) is 70.4 Å². The number of allylic oxidation sites excluding steroid dienone is 1. The molecule has 108 valence electrons. The van der Waals surface area contributed by atoms with E-state index in [9.17, 15) is 0 Å². The molecule has 0 saturated carbocycles. The van der Waals surface area contributed by atoms with Gasteiger partial charge < -0.3 is 0 Å². The van der Waals surface area contributed by atoms with Crippen LogP contribution in [0, 0.1) is 0 Å². The third kappa shape index (κ3) is 3.56. The van der Waals surface area contributed by atoms with Crippen LogP contribution < -0.4 is 5.43 Å². The molecule has 3 rings (SSSR count). The van der Waals surface area contributed by atoms with Gasteiger partial charge in [0.25, 0.3) is 0 Å². The topological polar surface area (TPSA) is 50.2 Å². The summed E-state index contributed by atoms with van der Waals surface area (Å²) in [7, 11) is 0. The van der Waals surface area contributed by atoms with E-state index < -0.39 is 0 Å². The first-order valence-electron chi connectivity index (χ1n) is 6.75. The lowest BCUT2D eigenvalue weighted by Gasteiger charge is -2.02. The third-order valence-corrected chi connectivity index (χ3v) is 3.47. The molecule has 0 atom stereocenters. The second-order valence-corrected chi connectivity index (χ2v) is 5.51. The number of nitrogens with one attached hydrogen (secondary N) is 1. The zero-order valence-electron chi connectivity index (χ0n) is 11.6. The van der Waals surface area contributed by atoms with Crippen LogP contribution in [0.1, 0.15) is 5.56 Å². The van der Waals surface area contributed by atoms with Crippen molar-refractivity contribution in [1.29, 1.82) is 0 Å². The molecule has 0 unspecified atom stereocenters. The number of halogens is 1. The number of rotatable bonds is 4. The summed E-state index contributed by atoms with van der Waals surface area (Å²) in [6.07, 6.45) is 5.41. The van der Waals surface area contributed by atoms with E-state index in [-0.39, 0.29) is 0 Å². The molecular formula is C17H13BrN4. The number of hydrazone groups is 1. The van der Waals surface area contributed by atoms with Gasteiger partial charge in [-0.15, -0.1) is 5.10 Å². The molecule has 0 fully saturated rings. The monoisotopic (exact) mass is 352 g/mol. The van der Waals surface area contributed by atoms with Crippen molar-refractivity contribution in [2.24, 2.45) is 5.10 Å². The van der Waals surface area contributed by atoms with Crippen molar-refractivity contribution in [2.75, 3.05) is 5.43 Å². The van der Waals surface area contributed by atoms with Crippen LogP contribution in [0.2, 0.25) is 0 Å². The first kappa shape index (κ1) is 14.4. The van der Waals surface area contributed by atoms with Crippen molar-refractivity contribution >= 4 is 44.8 Å². The maximum Gasteiger partial charge on any atom is 0.176 e. The number of benzene rings is 2. The van der Waals surface area contributed by atoms with Gasteiger partial charge in [-0.3, -0.25) is 5.43 Å². The second kappa shape index (κ2) is 6.95. The predicted molar refractivity (Wildman–Crippen MR) is 95.0 cm³/mol. The molecule has 5 heteroatoms. The van der Waals surface area contributed by atoms with Crippen molar-refractivity contribution in [3.05, 3.63) is 70.8 Å². The number of hydrogen-bond acceptors (Lipinski definition) is 4. The number of fused-ring (bicyclic) bond motifs is 1. The molecular weight excluding hydrogens is 340 g/mol. The van der Waals surface area contributed by atoms with E-state index in [1.165, 1.54) is 0 Å². The molecule has 0 aliphatic rings. The second-order valence-electron chi connectivity index (χ2n) is 4.59. The Morgan fingerprint density at radius 1 is 1.05 bits per heavy atom. The quantitative estimate of drug-likeness (QED) is 0.556. The zero-order chi connectivity index (χ0) is 15.2. The minimum atomic E-state index is 0.634. The van der Waals surface area contributed by atoms with Crippen LogP contribution in [-0.2, 0) is 0 Å². The molecule has 1 N–H and O–H groups in total. The van der Waals surface area contributed by atoms with E-state index in [2.05, 4.69) is 36.7 Å². The minimum absolute atomic E-state index is 0.634. The molecule has 0 aliphatic heterocycles. The Hall–Kier alpha value is -2.53. The fraction of sp³-hybridized carbons (Fsp3) is 0. The molecule has 1 heterocycles. The molecule has 0 spiro atoms. The fourth-order valence-electron chi connectivity index (χ4n) is 2.01. The van der Waals surface area contributed by atoms with Crippen molar-refractivity contribution < 1.29 is 0 Å². The van der Waals surface area contributed by atoms with Crippen molar-refractivity contribution in [2.45, 2.75) is 0 Å². The number of anilines is 1. The van der Waals surface area contributed by atoms with Crippen molar-refractivity contribution in [3.8, 4) is 0 Å². The maximum atomic E-state index is 4.20. The summed E-state index contributed by atoms with van der Waals surface area (Å²) in [5, 5.41) is 14.2. The summed E-state index contributed by atoms with van der Waals surface area (Å²) < 4.78 is 0.861. The van der Waals surface area contributed by atoms with Gasteiger partial charge in [-0.25, -0.2) is 0 Å². The Balaban J connectivity index is 1.75. The molecule has 4 nitrogen and oxygen atoms in total. The molecule has 0 radical (unpaired) electrons. The standard InChI is InChI=1S/C17H13BrN4/c18-15(10-13-6-2-1-3-7-13)12-20-22-17-16-9-5-4-8-14(16)11-19-21-17/h1-12H,(H,21,22)/b15-10-,20-12-. The molecule has 22 heavy (non-hydrogen) atoms. The van der Waals surface area contributed by atoms with E-state index in [1.807, 2.05) is 60.7 Å². The van der Waals surface area contributed by atoms with Gasteiger partial charge in [-0.2, -0.15) is 10.2 Å². The largest absolute Gasteiger partial charge is 0.259 e. The highest BCUT2D eigenvalue weighted by molar-refractivity contribution is 9.12. The summed E-state index contributed by atoms with van der Waals surface area (Å²) in [5.74, 6) is 0.634. The van der Waals surface area contributed by atoms with Crippen LogP contribution in [0.25, 0.3) is 16.8 Å². The lowest BCUT2D eigenvalue weighted by molar-refractivity contribution is 1.04. The molecule has 1 aromatic heterocycles. The van der Waals surface area contributed by atoms with E-state index in [0.717, 1.165) is 20.8 Å². The highest BCUT2D eigenvalue weighted by Crippen LogP contribution is 2.19. The Morgan fingerprint density at radius 3 is 2.68 bits per heavy atom. The van der Waals surface area contributed by atoms with Crippen LogP contribution in [0.5, 0.6) is 0 Å². The average molecular weight is 353 g/mol. The van der Waals surface area contributed by atoms with Crippen LogP contribution in [-0.4, -0.2) is 16.4 Å². The summed E-state index contributed by atoms with van der Waals surface area (Å²) in [6.45, 7) is 0. The normalized spacial score (nSPS) is 12.0. The summed E-state index contributed by atoms with van der Waals surface area (Å²) in [5.41, 5.74) is 4.03. The van der Waals surface area contributed by atoms with Gasteiger partial charge >= 0.3 is 0 Å². The molecule has 0 aliphatic carbocycles. The van der Waals surface area contributed by atoms with E-state index in [4.69, 9.17) is 0 Å². The Morgan fingerprint density at radius 2 is 1.82 bits per heavy atom. The fourth-order valence-corrected chi connectivity index (χ4v) is 2.38. The van der Waals surface area contributed by atoms with Gasteiger partial charge in [0, 0.05) is 15.3 Å². The van der Waals surface area contributed by atoms with Gasteiger partial charge in [0.1, 0.15) is 0 Å². The van der Waals surface area contributed by atoms with Crippen molar-refractivity contribution in [1.82, 2.24) is 10.2 Å². The van der Waals surface area contributed by atoms with Gasteiger partial charge in [0.2, 0.25) is 0 Å². The van der Waals surface area contributed by atoms with Crippen LogP contribution >= 0.6 is 15.9 Å². The minimum Gasteiger partial charge on any atom is -0.259 e. The summed E-state index contributed by atoms with van der Waals surface area (Å²) in [6, 6.07) is 17.9. The van der Waals surface area contributed by atoms with Crippen LogP contribution in [0.3, 0.4) is 0 Å². The van der Waals surface area contributed by atoms with Crippen LogP contribution in [0.4, 0.5) is 5.82 Å². The van der Waals surface area contributed by atoms with E-state index in [0.29, 0.717) is 5.82 Å². The Kier molecular flexibility index (Phi) is 4.56. The lowest BCUT2D eigenvalue weighted by Crippen LogP contribution is -1.95. The molecule has 2 aromatic carbocycles. The van der Waals surface area contributed by atoms with Gasteiger partial charge in [-0.05, 0) is 27.6 Å². The highest BCUT2D eigenvalue weighted by Gasteiger charge is 2.00. The molecule has 3 aromatic rings. The highest BCUT2D eigenvalue weighted by atomic mass is 79.9. The zero-order valence-corrected chi connectivity index (χ0v) is 13.2. The Labute approximate surface area is 136 Å². The first-order chi connectivity index (χ1) is 10.8. The third-order valence-electron chi connectivity index (χ3n) is 3.03. The van der Waals surface area contributed by atoms with Gasteiger partial charge in [0.05, 0.1) is 12.4 Å². The van der Waals surface area contributed by atoms with Crippen molar-refractivity contribution in [3.63, 3.8) is 0 Å². The first-order valence-corrected chi connectivity index (χ1v) is 7.54. The lowest BCUT2D eigenvalue weighted by atomic mass is 10.2. The Bertz CT molecular complexity index is 823. The van der Waals surface area contributed by atoms with E-state index >= 15 is 0 Å². The average Bonchev–Trinajstić information content (AvgIpc) is 2.56. The SMILES string of the molecule is BrC(/C=N\Nc1nncc2ccccc12)=C\c1ccccc1. The predicted octanol–water partition coefficient (Wildman–Crippen LogP) is 4.46. The van der Waals surface area contributed by atoms with Gasteiger partial charge in [0.15, 0.2) is 5.82 Å². The molecule has 0 amide bonds. The summed E-state index contributed by atoms with van der Waals surface area (Å²) in [4.78, 5) is 0.